The zero-order valence-electron chi connectivity index (χ0n) is 19.8. The van der Waals surface area contributed by atoms with Gasteiger partial charge in [0.15, 0.2) is 10.3 Å². The molecule has 14 heteroatoms. The van der Waals surface area contributed by atoms with Crippen molar-refractivity contribution >= 4 is 100 Å². The zero-order valence-corrected chi connectivity index (χ0v) is 23.9. The van der Waals surface area contributed by atoms with Gasteiger partial charge in [-0.2, -0.15) is 9.64 Å². The third-order valence-electron chi connectivity index (χ3n) is 4.50. The Labute approximate surface area is 238 Å². The van der Waals surface area contributed by atoms with Gasteiger partial charge in [0, 0.05) is 6.61 Å². The first kappa shape index (κ1) is 28.0. The van der Waals surface area contributed by atoms with Crippen LogP contribution in [0.25, 0.3) is 20.4 Å². The fraction of sp³-hybridized carbons (Fsp3) is 0.167. The van der Waals surface area contributed by atoms with Gasteiger partial charge in [-0.25, -0.2) is 9.97 Å². The van der Waals surface area contributed by atoms with Gasteiger partial charge in [-0.1, -0.05) is 58.7 Å². The minimum Gasteiger partial charge on any atom is -0.397 e. The number of thiazole rings is 2. The molecule has 5 aromatic rings. The summed E-state index contributed by atoms with van der Waals surface area (Å²) in [6, 6.07) is 17.5. The lowest BCUT2D eigenvalue weighted by Crippen LogP contribution is -2.14. The van der Waals surface area contributed by atoms with Gasteiger partial charge in [-0.05, 0) is 42.7 Å². The van der Waals surface area contributed by atoms with E-state index >= 15 is 0 Å². The van der Waals surface area contributed by atoms with E-state index in [4.69, 9.17) is 5.11 Å². The summed E-state index contributed by atoms with van der Waals surface area (Å²) in [6.07, 6.45) is 0. The maximum atomic E-state index is 12.4. The van der Waals surface area contributed by atoms with E-state index in [1.165, 1.54) is 46.2 Å². The van der Waals surface area contributed by atoms with Crippen LogP contribution in [0.1, 0.15) is 12.5 Å². The van der Waals surface area contributed by atoms with Gasteiger partial charge in [0.05, 0.1) is 31.9 Å². The van der Waals surface area contributed by atoms with Gasteiger partial charge < -0.3 is 15.7 Å². The molecule has 2 amide bonds. The van der Waals surface area contributed by atoms with Crippen LogP contribution in [0.2, 0.25) is 0 Å². The number of hydrogen-bond acceptors (Lipinski definition) is 12. The van der Waals surface area contributed by atoms with E-state index in [9.17, 15) is 14.9 Å². The number of thioether (sulfide) groups is 2. The number of carbonyl (C=O) groups excluding carboxylic acids is 2. The second kappa shape index (κ2) is 13.7. The van der Waals surface area contributed by atoms with E-state index in [1.807, 2.05) is 48.5 Å². The zero-order chi connectivity index (χ0) is 26.9. The van der Waals surface area contributed by atoms with Gasteiger partial charge >= 0.3 is 0 Å². The predicted molar refractivity (Wildman–Crippen MR) is 158 cm³/mol. The Balaban J connectivity index is 0.00000107. The van der Waals surface area contributed by atoms with Crippen LogP contribution >= 0.6 is 57.7 Å². The second-order valence-corrected chi connectivity index (χ2v) is 12.3. The number of benzene rings is 2. The summed E-state index contributed by atoms with van der Waals surface area (Å²) in [4.78, 5) is 33.6. The second-order valence-electron chi connectivity index (χ2n) is 7.23. The molecule has 0 atom stereocenters. The molecule has 0 saturated carbocycles. The molecule has 38 heavy (non-hydrogen) atoms. The van der Waals surface area contributed by atoms with E-state index < -0.39 is 0 Å². The van der Waals surface area contributed by atoms with Crippen molar-refractivity contribution in [1.29, 1.82) is 5.26 Å². The minimum absolute atomic E-state index is 0.0938. The summed E-state index contributed by atoms with van der Waals surface area (Å²) in [5.74, 6) is -0.225. The first-order chi connectivity index (χ1) is 18.5. The number of nitrogens with zero attached hydrogens (tertiary/aromatic N) is 4. The number of rotatable bonds is 8. The maximum absolute atomic E-state index is 12.4. The molecule has 3 heterocycles. The third-order valence-corrected chi connectivity index (χ3v) is 9.58. The molecule has 5 rings (SSSR count). The number of amides is 2. The first-order valence-electron chi connectivity index (χ1n) is 11.1. The lowest BCUT2D eigenvalue weighted by atomic mass is 10.3. The quantitative estimate of drug-likeness (QED) is 0.191. The van der Waals surface area contributed by atoms with E-state index in [0.29, 0.717) is 25.1 Å². The standard InChI is InChI=1S/C22H14N6O2S5.C2H6O/c23-9-12-19(31-10-17(29)26-21-24-13-5-1-3-7-15(13)33-21)28-35-20(12)32-11-18(30)27-22-25-14-6-2-4-8-16(14)34-22;1-2-3/h1-8H,10-11H2,(H,24,26,29)(H,25,27,30);3H,2H2,1H3. The molecular formula is C24H20N6O3S5. The number of aliphatic hydroxyl groups is 1. The molecule has 0 aliphatic heterocycles. The van der Waals surface area contributed by atoms with Crippen molar-refractivity contribution < 1.29 is 14.7 Å². The number of fused-ring (bicyclic) bond motifs is 2. The normalized spacial score (nSPS) is 10.6. The molecule has 0 aliphatic rings. The number of anilines is 2. The number of nitriles is 1. The van der Waals surface area contributed by atoms with Crippen LogP contribution in [0.15, 0.2) is 57.8 Å². The first-order valence-corrected chi connectivity index (χ1v) is 15.5. The van der Waals surface area contributed by atoms with Crippen LogP contribution in [0, 0.1) is 11.3 Å². The Hall–Kier alpha value is -3.06. The van der Waals surface area contributed by atoms with Crippen molar-refractivity contribution in [1.82, 2.24) is 14.3 Å². The summed E-state index contributed by atoms with van der Waals surface area (Å²) in [6.45, 7) is 1.93. The lowest BCUT2D eigenvalue weighted by Gasteiger charge is -2.01. The molecule has 0 radical (unpaired) electrons. The van der Waals surface area contributed by atoms with Gasteiger partial charge in [-0.3, -0.25) is 9.59 Å². The molecule has 194 valence electrons. The Kier molecular flexibility index (Phi) is 10.0. The molecule has 2 aromatic carbocycles. The number of para-hydroxylation sites is 2. The molecule has 0 spiro atoms. The minimum atomic E-state index is -0.227. The van der Waals surface area contributed by atoms with Crippen molar-refractivity contribution in [3.63, 3.8) is 0 Å². The molecule has 0 unspecified atom stereocenters. The predicted octanol–water partition coefficient (Wildman–Crippen LogP) is 5.69. The van der Waals surface area contributed by atoms with E-state index in [1.54, 1.807) is 6.92 Å². The third kappa shape index (κ3) is 7.28. The van der Waals surface area contributed by atoms with Crippen molar-refractivity contribution in [2.24, 2.45) is 0 Å². The van der Waals surface area contributed by atoms with Crippen molar-refractivity contribution in [3.05, 3.63) is 54.1 Å². The fourth-order valence-electron chi connectivity index (χ4n) is 2.98. The highest BCUT2D eigenvalue weighted by atomic mass is 32.2. The van der Waals surface area contributed by atoms with Gasteiger partial charge in [0.25, 0.3) is 0 Å². The van der Waals surface area contributed by atoms with Crippen LogP contribution in [-0.2, 0) is 9.59 Å². The molecule has 0 saturated heterocycles. The number of aromatic nitrogens is 3. The number of hydrogen-bond donors (Lipinski definition) is 3. The van der Waals surface area contributed by atoms with Gasteiger partial charge in [-0.15, -0.1) is 11.8 Å². The number of nitrogens with one attached hydrogen (secondary N) is 2. The van der Waals surface area contributed by atoms with Gasteiger partial charge in [0.2, 0.25) is 11.8 Å². The average molecular weight is 601 g/mol. The van der Waals surface area contributed by atoms with Crippen LogP contribution in [0.3, 0.4) is 0 Å². The fourth-order valence-corrected chi connectivity index (χ4v) is 7.44. The van der Waals surface area contributed by atoms with E-state index in [0.717, 1.165) is 32.0 Å². The molecule has 0 bridgehead atoms. The highest BCUT2D eigenvalue weighted by Crippen LogP contribution is 2.35. The summed E-state index contributed by atoms with van der Waals surface area (Å²) < 4.78 is 6.95. The van der Waals surface area contributed by atoms with Crippen LogP contribution < -0.4 is 10.6 Å². The Morgan fingerprint density at radius 2 is 1.42 bits per heavy atom. The van der Waals surface area contributed by atoms with Crippen molar-refractivity contribution in [3.8, 4) is 6.07 Å². The topological polar surface area (TPSA) is 141 Å². The Morgan fingerprint density at radius 3 is 1.92 bits per heavy atom. The highest BCUT2D eigenvalue weighted by molar-refractivity contribution is 8.02. The summed E-state index contributed by atoms with van der Waals surface area (Å²) in [7, 11) is 0. The monoisotopic (exact) mass is 600 g/mol. The average Bonchev–Trinajstić information content (AvgIpc) is 3.61. The molecule has 9 nitrogen and oxygen atoms in total. The van der Waals surface area contributed by atoms with Crippen LogP contribution in [0.5, 0.6) is 0 Å². The highest BCUT2D eigenvalue weighted by Gasteiger charge is 2.18. The molecule has 3 aromatic heterocycles. The number of aliphatic hydroxyl groups excluding tert-OH is 1. The van der Waals surface area contributed by atoms with E-state index in [-0.39, 0.29) is 29.9 Å². The van der Waals surface area contributed by atoms with Crippen molar-refractivity contribution in [2.45, 2.75) is 16.2 Å². The number of carbonyl (C=O) groups is 2. The summed E-state index contributed by atoms with van der Waals surface area (Å²) in [5, 5.41) is 24.3. The molecule has 0 fully saturated rings. The smallest absolute Gasteiger partial charge is 0.236 e. The summed E-state index contributed by atoms with van der Waals surface area (Å²) in [5.41, 5.74) is 2.05. The Morgan fingerprint density at radius 1 is 0.921 bits per heavy atom. The largest absolute Gasteiger partial charge is 0.397 e. The Bertz CT molecular complexity index is 1430. The SMILES string of the molecule is CCO.N#Cc1c(SCC(=O)Nc2nc3ccccc3s2)nsc1SCC(=O)Nc1nc2ccccc2s1. The summed E-state index contributed by atoms with van der Waals surface area (Å²) >= 11 is 6.39. The molecule has 0 aliphatic carbocycles. The van der Waals surface area contributed by atoms with Crippen LogP contribution in [-0.4, -0.2) is 49.4 Å². The van der Waals surface area contributed by atoms with E-state index in [2.05, 4.69) is 31.0 Å². The van der Waals surface area contributed by atoms with Crippen molar-refractivity contribution in [2.75, 3.05) is 28.7 Å². The van der Waals surface area contributed by atoms with Crippen LogP contribution in [0.4, 0.5) is 10.3 Å². The molecule has 3 N–H and O–H groups in total. The lowest BCUT2D eigenvalue weighted by molar-refractivity contribution is -0.114. The molecular weight excluding hydrogens is 581 g/mol. The maximum Gasteiger partial charge on any atom is 0.236 e. The van der Waals surface area contributed by atoms with Gasteiger partial charge in [0.1, 0.15) is 20.9 Å².